The molecule has 36 heavy (non-hydrogen) atoms. The number of aromatic hydroxyl groups is 1. The van der Waals surface area contributed by atoms with Crippen molar-refractivity contribution < 1.29 is 19.4 Å². The van der Waals surface area contributed by atoms with Gasteiger partial charge in [-0.15, -0.1) is 11.8 Å². The van der Waals surface area contributed by atoms with Crippen LogP contribution in [-0.2, 0) is 4.79 Å². The molecule has 1 fully saturated rings. The van der Waals surface area contributed by atoms with Crippen LogP contribution in [0.4, 0.5) is 10.1 Å². The fourth-order valence-electron chi connectivity index (χ4n) is 4.42. The highest BCUT2D eigenvalue weighted by atomic mass is 32.2. The number of carbonyl (C=O) groups is 1. The second-order valence-electron chi connectivity index (χ2n) is 8.81. The second-order valence-corrected chi connectivity index (χ2v) is 9.98. The van der Waals surface area contributed by atoms with Crippen LogP contribution in [0.5, 0.6) is 5.75 Å². The van der Waals surface area contributed by atoms with Gasteiger partial charge in [0.15, 0.2) is 0 Å². The van der Waals surface area contributed by atoms with E-state index in [1.807, 2.05) is 55.5 Å². The van der Waals surface area contributed by atoms with E-state index in [0.29, 0.717) is 11.3 Å². The van der Waals surface area contributed by atoms with Gasteiger partial charge in [0.25, 0.3) is 0 Å². The van der Waals surface area contributed by atoms with Crippen molar-refractivity contribution in [2.45, 2.75) is 24.3 Å². The molecule has 2 N–H and O–H groups in total. The molecule has 0 unspecified atom stereocenters. The maximum Gasteiger partial charge on any atom is 0.243 e. The Bertz CT molecular complexity index is 1360. The van der Waals surface area contributed by atoms with Gasteiger partial charge in [-0.05, 0) is 71.1 Å². The number of aryl methyl sites for hydroxylation is 1. The van der Waals surface area contributed by atoms with Crippen molar-refractivity contribution in [3.05, 3.63) is 114 Å². The number of aliphatic hydroxyl groups is 1. The van der Waals surface area contributed by atoms with Gasteiger partial charge in [-0.3, -0.25) is 9.78 Å². The summed E-state index contributed by atoms with van der Waals surface area (Å²) in [6.45, 7) is 1.83. The molecule has 0 spiro atoms. The number of phenols is 1. The van der Waals surface area contributed by atoms with Crippen molar-refractivity contribution in [1.29, 1.82) is 0 Å². The van der Waals surface area contributed by atoms with Gasteiger partial charge < -0.3 is 15.1 Å². The normalized spacial score (nSPS) is 18.1. The van der Waals surface area contributed by atoms with E-state index < -0.39 is 11.4 Å². The minimum atomic E-state index is -0.821. The minimum absolute atomic E-state index is 0.0452. The first-order valence-corrected chi connectivity index (χ1v) is 12.7. The van der Waals surface area contributed by atoms with Crippen LogP contribution >= 0.6 is 11.8 Å². The fourth-order valence-corrected chi connectivity index (χ4v) is 5.72. The molecule has 5 rings (SSSR count). The Hall–Kier alpha value is -3.68. The summed E-state index contributed by atoms with van der Waals surface area (Å²) in [5, 5.41) is 20.2. The van der Waals surface area contributed by atoms with Crippen LogP contribution in [0.1, 0.15) is 28.8 Å². The van der Waals surface area contributed by atoms with Crippen LogP contribution in [0.2, 0.25) is 0 Å². The zero-order valence-electron chi connectivity index (χ0n) is 19.6. The van der Waals surface area contributed by atoms with Crippen molar-refractivity contribution in [3.63, 3.8) is 0 Å². The number of rotatable bonds is 7. The first-order valence-electron chi connectivity index (χ1n) is 11.6. The Morgan fingerprint density at radius 1 is 1.03 bits per heavy atom. The second kappa shape index (κ2) is 10.1. The summed E-state index contributed by atoms with van der Waals surface area (Å²) in [6.07, 6.45) is 2.70. The highest BCUT2D eigenvalue weighted by Crippen LogP contribution is 2.46. The van der Waals surface area contributed by atoms with E-state index in [1.165, 1.54) is 23.9 Å². The lowest BCUT2D eigenvalue weighted by atomic mass is 9.91. The highest BCUT2D eigenvalue weighted by molar-refractivity contribution is 8.00. The smallest absolute Gasteiger partial charge is 0.243 e. The van der Waals surface area contributed by atoms with Crippen LogP contribution in [0.25, 0.3) is 11.1 Å². The quantitative estimate of drug-likeness (QED) is 0.313. The number of carbonyl (C=O) groups excluding carboxylic acids is 1. The first-order chi connectivity index (χ1) is 17.4. The van der Waals surface area contributed by atoms with Gasteiger partial charge >= 0.3 is 0 Å². The molecule has 1 aliphatic heterocycles. The highest BCUT2D eigenvalue weighted by Gasteiger charge is 2.49. The Morgan fingerprint density at radius 2 is 1.78 bits per heavy atom. The molecule has 4 aromatic rings. The molecule has 1 saturated heterocycles. The Morgan fingerprint density at radius 3 is 2.44 bits per heavy atom. The molecular weight excluding hydrogens is 475 g/mol. The van der Waals surface area contributed by atoms with Crippen molar-refractivity contribution >= 4 is 23.4 Å². The predicted octanol–water partition coefficient (Wildman–Crippen LogP) is 5.83. The number of amides is 1. The molecule has 1 amide bonds. The third kappa shape index (κ3) is 4.72. The summed E-state index contributed by atoms with van der Waals surface area (Å²) in [7, 11) is 0. The topological polar surface area (TPSA) is 73.7 Å². The average molecular weight is 501 g/mol. The summed E-state index contributed by atoms with van der Waals surface area (Å²) in [6, 6.07) is 22.5. The lowest BCUT2D eigenvalue weighted by Gasteiger charge is -2.47. The van der Waals surface area contributed by atoms with Crippen LogP contribution in [0, 0.1) is 12.7 Å². The number of nitrogens with zero attached hydrogens (tertiary/aromatic N) is 2. The number of halogens is 1. The standard InChI is InChI=1S/C29H25FN2O3S/c1-18-15-21(8-13-25(18)33)27-28(36-17-26(34)20-4-9-23(30)10-5-20)29(35)32(27)24-11-6-19(7-12-24)22-3-2-14-31-16-22/h2-16,26-28,33-34H,17H2,1H3/t26-,27+,28+/m0/s1. The van der Waals surface area contributed by atoms with Gasteiger partial charge in [-0.2, -0.15) is 0 Å². The van der Waals surface area contributed by atoms with Gasteiger partial charge in [-0.1, -0.05) is 42.5 Å². The van der Waals surface area contributed by atoms with E-state index >= 15 is 0 Å². The van der Waals surface area contributed by atoms with E-state index in [1.54, 1.807) is 35.5 Å². The molecule has 1 aromatic heterocycles. The Labute approximate surface area is 213 Å². The monoisotopic (exact) mass is 500 g/mol. The number of hydrogen-bond donors (Lipinski definition) is 2. The first kappa shape index (κ1) is 24.0. The molecule has 5 nitrogen and oxygen atoms in total. The summed E-state index contributed by atoms with van der Waals surface area (Å²) >= 11 is 1.38. The lowest BCUT2D eigenvalue weighted by molar-refractivity contribution is -0.123. The predicted molar refractivity (Wildman–Crippen MR) is 140 cm³/mol. The maximum atomic E-state index is 13.4. The summed E-state index contributed by atoms with van der Waals surface area (Å²) < 4.78 is 13.2. The van der Waals surface area contributed by atoms with Gasteiger partial charge in [0.1, 0.15) is 16.8 Å². The summed E-state index contributed by atoms with van der Waals surface area (Å²) in [5.41, 5.74) is 5.02. The molecule has 1 aliphatic rings. The van der Waals surface area contributed by atoms with Gasteiger partial charge in [-0.25, -0.2) is 4.39 Å². The minimum Gasteiger partial charge on any atom is -0.508 e. The Balaban J connectivity index is 1.39. The summed E-state index contributed by atoms with van der Waals surface area (Å²) in [4.78, 5) is 19.3. The number of hydrogen-bond acceptors (Lipinski definition) is 5. The third-order valence-electron chi connectivity index (χ3n) is 6.44. The van der Waals surface area contributed by atoms with E-state index in [9.17, 15) is 19.4 Å². The number of aliphatic hydroxyl groups excluding tert-OH is 1. The molecule has 182 valence electrons. The van der Waals surface area contributed by atoms with Crippen molar-refractivity contribution in [2.24, 2.45) is 0 Å². The number of anilines is 1. The van der Waals surface area contributed by atoms with Crippen LogP contribution in [0.15, 0.2) is 91.3 Å². The molecule has 0 radical (unpaired) electrons. The summed E-state index contributed by atoms with van der Waals surface area (Å²) in [5.74, 6) is 0.0910. The molecule has 0 aliphatic carbocycles. The van der Waals surface area contributed by atoms with Crippen LogP contribution in [-0.4, -0.2) is 32.1 Å². The zero-order chi connectivity index (χ0) is 25.2. The average Bonchev–Trinajstić information content (AvgIpc) is 2.90. The van der Waals surface area contributed by atoms with E-state index in [2.05, 4.69) is 4.98 Å². The molecule has 2 heterocycles. The molecule has 7 heteroatoms. The number of phenolic OH excluding ortho intramolecular Hbond substituents is 1. The maximum absolute atomic E-state index is 13.4. The van der Waals surface area contributed by atoms with Crippen molar-refractivity contribution in [1.82, 2.24) is 4.98 Å². The van der Waals surface area contributed by atoms with E-state index in [4.69, 9.17) is 0 Å². The van der Waals surface area contributed by atoms with Crippen molar-refractivity contribution in [2.75, 3.05) is 10.7 Å². The number of benzene rings is 3. The molecule has 3 aromatic carbocycles. The van der Waals surface area contributed by atoms with Gasteiger partial charge in [0.2, 0.25) is 5.91 Å². The number of pyridine rings is 1. The Kier molecular flexibility index (Phi) is 6.76. The van der Waals surface area contributed by atoms with Gasteiger partial charge in [0.05, 0.1) is 12.1 Å². The van der Waals surface area contributed by atoms with Gasteiger partial charge in [0, 0.05) is 23.8 Å². The fraction of sp³-hybridized carbons (Fsp3) is 0.172. The third-order valence-corrected chi connectivity index (χ3v) is 7.76. The number of aromatic nitrogens is 1. The lowest BCUT2D eigenvalue weighted by Crippen LogP contribution is -2.57. The van der Waals surface area contributed by atoms with E-state index in [-0.39, 0.29) is 23.5 Å². The van der Waals surface area contributed by atoms with Crippen LogP contribution < -0.4 is 4.90 Å². The van der Waals surface area contributed by atoms with E-state index in [0.717, 1.165) is 27.9 Å². The zero-order valence-corrected chi connectivity index (χ0v) is 20.4. The molecule has 0 saturated carbocycles. The SMILES string of the molecule is Cc1cc([C@@H]2[C@@H](SC[C@H](O)c3ccc(F)cc3)C(=O)N2c2ccc(-c3cccnc3)cc2)ccc1O. The van der Waals surface area contributed by atoms with Crippen molar-refractivity contribution in [3.8, 4) is 16.9 Å². The molecular formula is C29H25FN2O3S. The van der Waals surface area contributed by atoms with Crippen LogP contribution in [0.3, 0.4) is 0 Å². The molecule has 0 bridgehead atoms. The number of thioether (sulfide) groups is 1. The molecule has 3 atom stereocenters. The number of β-lactam (4-membered cyclic amide) rings is 1. The largest absolute Gasteiger partial charge is 0.508 e.